The van der Waals surface area contributed by atoms with Crippen molar-refractivity contribution in [2.75, 3.05) is 0 Å². The Morgan fingerprint density at radius 2 is 1.71 bits per heavy atom. The van der Waals surface area contributed by atoms with Crippen LogP contribution in [0.2, 0.25) is 0 Å². The van der Waals surface area contributed by atoms with Gasteiger partial charge in [-0.1, -0.05) is 32.1 Å². The van der Waals surface area contributed by atoms with Gasteiger partial charge in [-0.2, -0.15) is 0 Å². The predicted molar refractivity (Wildman–Crippen MR) is 67.5 cm³/mol. The van der Waals surface area contributed by atoms with E-state index in [1.165, 1.54) is 44.9 Å². The van der Waals surface area contributed by atoms with Crippen LogP contribution in [-0.2, 0) is 4.79 Å². The minimum atomic E-state index is -0.123. The van der Waals surface area contributed by atoms with Crippen molar-refractivity contribution in [3.8, 4) is 0 Å². The molecule has 2 aliphatic carbocycles. The van der Waals surface area contributed by atoms with E-state index in [1.807, 2.05) is 0 Å². The van der Waals surface area contributed by atoms with E-state index in [2.05, 4.69) is 17.1 Å². The molecule has 0 aromatic heterocycles. The van der Waals surface area contributed by atoms with Gasteiger partial charge in [0.25, 0.3) is 0 Å². The van der Waals surface area contributed by atoms with Gasteiger partial charge in [0.1, 0.15) is 0 Å². The van der Waals surface area contributed by atoms with E-state index in [-0.39, 0.29) is 11.7 Å². The van der Waals surface area contributed by atoms with Gasteiger partial charge >= 0.3 is 0 Å². The molecule has 1 aliphatic heterocycles. The summed E-state index contributed by atoms with van der Waals surface area (Å²) in [7, 11) is 0. The monoisotopic (exact) mass is 236 g/mol. The van der Waals surface area contributed by atoms with Crippen LogP contribution in [0, 0.1) is 0 Å². The summed E-state index contributed by atoms with van der Waals surface area (Å²) in [6, 6.07) is 0.505. The number of nitrogens with one attached hydrogen (secondary N) is 1. The van der Waals surface area contributed by atoms with Crippen molar-refractivity contribution in [2.24, 2.45) is 0 Å². The molecule has 0 aromatic rings. The number of hydrogen-bond acceptors (Lipinski definition) is 2. The van der Waals surface area contributed by atoms with Gasteiger partial charge in [-0.05, 0) is 32.6 Å². The number of carbonyl (C=O) groups excluding carboxylic acids is 1. The third kappa shape index (κ3) is 1.99. The van der Waals surface area contributed by atoms with Crippen LogP contribution in [0.1, 0.15) is 64.7 Å². The topological polar surface area (TPSA) is 32.3 Å². The first-order valence-electron chi connectivity index (χ1n) is 7.33. The first-order valence-corrected chi connectivity index (χ1v) is 7.33. The van der Waals surface area contributed by atoms with Gasteiger partial charge in [0.2, 0.25) is 5.91 Å². The lowest BCUT2D eigenvalue weighted by Gasteiger charge is -2.32. The fourth-order valence-corrected chi connectivity index (χ4v) is 3.63. The van der Waals surface area contributed by atoms with Crippen molar-refractivity contribution in [3.63, 3.8) is 0 Å². The van der Waals surface area contributed by atoms with Crippen molar-refractivity contribution in [3.05, 3.63) is 0 Å². The zero-order chi connectivity index (χ0) is 11.9. The first-order chi connectivity index (χ1) is 8.23. The zero-order valence-electron chi connectivity index (χ0n) is 10.9. The number of amides is 1. The maximum atomic E-state index is 12.5. The molecule has 1 saturated heterocycles. The summed E-state index contributed by atoms with van der Waals surface area (Å²) in [4.78, 5) is 14.6. The van der Waals surface area contributed by atoms with Gasteiger partial charge in [-0.3, -0.25) is 10.1 Å². The Bertz CT molecular complexity index is 303. The highest BCUT2D eigenvalue weighted by atomic mass is 16.2. The molecule has 3 nitrogen and oxygen atoms in total. The summed E-state index contributed by atoms with van der Waals surface area (Å²) in [5.74, 6) is 0.399. The van der Waals surface area contributed by atoms with Crippen molar-refractivity contribution >= 4 is 5.91 Å². The minimum absolute atomic E-state index is 0.123. The standard InChI is InChI=1S/C14H24N2O/c1-11-15-14(9-10-14)13(17)16(11)12-7-5-3-2-4-6-8-12/h11-12,15H,2-10H2,1H3. The molecule has 1 atom stereocenters. The highest BCUT2D eigenvalue weighted by Gasteiger charge is 2.59. The van der Waals surface area contributed by atoms with Gasteiger partial charge in [0, 0.05) is 6.04 Å². The molecule has 3 fully saturated rings. The fraction of sp³-hybridized carbons (Fsp3) is 0.929. The lowest BCUT2D eigenvalue weighted by Crippen LogP contribution is -2.43. The van der Waals surface area contributed by atoms with Crippen LogP contribution in [0.4, 0.5) is 0 Å². The normalized spacial score (nSPS) is 33.8. The fourth-order valence-electron chi connectivity index (χ4n) is 3.63. The molecule has 1 amide bonds. The highest BCUT2D eigenvalue weighted by Crippen LogP contribution is 2.43. The molecular formula is C14H24N2O. The molecule has 1 heterocycles. The Kier molecular flexibility index (Phi) is 2.89. The van der Waals surface area contributed by atoms with Crippen LogP contribution < -0.4 is 5.32 Å². The van der Waals surface area contributed by atoms with Gasteiger partial charge in [-0.15, -0.1) is 0 Å². The van der Waals surface area contributed by atoms with Crippen LogP contribution >= 0.6 is 0 Å². The predicted octanol–water partition coefficient (Wildman–Crippen LogP) is 2.41. The maximum absolute atomic E-state index is 12.5. The molecule has 1 N–H and O–H groups in total. The van der Waals surface area contributed by atoms with E-state index >= 15 is 0 Å². The lowest BCUT2D eigenvalue weighted by molar-refractivity contribution is -0.133. The summed E-state index contributed by atoms with van der Waals surface area (Å²) < 4.78 is 0. The molecule has 2 saturated carbocycles. The average Bonchev–Trinajstić information content (AvgIpc) is 2.97. The third-order valence-electron chi connectivity index (χ3n) is 4.76. The molecule has 0 aromatic carbocycles. The second kappa shape index (κ2) is 4.27. The second-order valence-electron chi connectivity index (χ2n) is 6.11. The van der Waals surface area contributed by atoms with E-state index in [9.17, 15) is 4.79 Å². The Labute approximate surface area is 104 Å². The van der Waals surface area contributed by atoms with E-state index in [4.69, 9.17) is 0 Å². The Morgan fingerprint density at radius 3 is 2.24 bits per heavy atom. The minimum Gasteiger partial charge on any atom is -0.323 e. The number of nitrogens with zero attached hydrogens (tertiary/aromatic N) is 1. The molecule has 3 aliphatic rings. The van der Waals surface area contributed by atoms with Crippen molar-refractivity contribution in [2.45, 2.75) is 82.5 Å². The van der Waals surface area contributed by atoms with E-state index < -0.39 is 0 Å². The summed E-state index contributed by atoms with van der Waals surface area (Å²) in [6.45, 7) is 2.16. The van der Waals surface area contributed by atoms with E-state index in [0.29, 0.717) is 11.9 Å². The van der Waals surface area contributed by atoms with Gasteiger partial charge in [0.05, 0.1) is 11.7 Å². The van der Waals surface area contributed by atoms with Crippen LogP contribution in [0.3, 0.4) is 0 Å². The average molecular weight is 236 g/mol. The summed E-state index contributed by atoms with van der Waals surface area (Å²) in [6.07, 6.45) is 11.5. The Morgan fingerprint density at radius 1 is 1.12 bits per heavy atom. The maximum Gasteiger partial charge on any atom is 0.244 e. The van der Waals surface area contributed by atoms with Gasteiger partial charge in [-0.25, -0.2) is 0 Å². The second-order valence-corrected chi connectivity index (χ2v) is 6.11. The van der Waals surface area contributed by atoms with E-state index in [0.717, 1.165) is 12.8 Å². The quantitative estimate of drug-likeness (QED) is 0.758. The van der Waals surface area contributed by atoms with Gasteiger partial charge < -0.3 is 4.90 Å². The molecule has 3 rings (SSSR count). The molecule has 3 heteroatoms. The summed E-state index contributed by atoms with van der Waals surface area (Å²) in [5, 5.41) is 3.51. The molecule has 0 radical (unpaired) electrons. The molecule has 0 bridgehead atoms. The van der Waals surface area contributed by atoms with Crippen molar-refractivity contribution < 1.29 is 4.79 Å². The molecule has 1 unspecified atom stereocenters. The highest BCUT2D eigenvalue weighted by molar-refractivity contribution is 5.92. The Balaban J connectivity index is 1.71. The first kappa shape index (κ1) is 11.5. The summed E-state index contributed by atoms with van der Waals surface area (Å²) in [5.41, 5.74) is -0.123. The lowest BCUT2D eigenvalue weighted by atomic mass is 9.95. The number of rotatable bonds is 1. The van der Waals surface area contributed by atoms with E-state index in [1.54, 1.807) is 0 Å². The molecule has 1 spiro atoms. The van der Waals surface area contributed by atoms with Crippen LogP contribution in [0.25, 0.3) is 0 Å². The molecule has 96 valence electrons. The zero-order valence-corrected chi connectivity index (χ0v) is 10.9. The number of carbonyl (C=O) groups is 1. The molecular weight excluding hydrogens is 212 g/mol. The summed E-state index contributed by atoms with van der Waals surface area (Å²) >= 11 is 0. The van der Waals surface area contributed by atoms with Crippen LogP contribution in [0.5, 0.6) is 0 Å². The molecule has 17 heavy (non-hydrogen) atoms. The smallest absolute Gasteiger partial charge is 0.244 e. The third-order valence-corrected chi connectivity index (χ3v) is 4.76. The van der Waals surface area contributed by atoms with Crippen molar-refractivity contribution in [1.29, 1.82) is 0 Å². The van der Waals surface area contributed by atoms with Gasteiger partial charge in [0.15, 0.2) is 0 Å². The van der Waals surface area contributed by atoms with Crippen LogP contribution in [0.15, 0.2) is 0 Å². The van der Waals surface area contributed by atoms with Crippen molar-refractivity contribution in [1.82, 2.24) is 10.2 Å². The SMILES string of the molecule is CC1NC2(CC2)C(=O)N1C1CCCCCCC1. The largest absolute Gasteiger partial charge is 0.323 e. The Hall–Kier alpha value is -0.570. The number of hydrogen-bond donors (Lipinski definition) is 1. The van der Waals surface area contributed by atoms with Crippen LogP contribution in [-0.4, -0.2) is 28.6 Å².